The largest absolute Gasteiger partial charge is 0.472 e. The number of esters is 1. The number of amides is 2. The van der Waals surface area contributed by atoms with Gasteiger partial charge in [-0.05, 0) is 77.0 Å². The van der Waals surface area contributed by atoms with E-state index in [0.717, 1.165) is 17.0 Å². The maximum Gasteiger partial charge on any atom is 0.312 e. The first kappa shape index (κ1) is 33.6. The molecule has 1 aliphatic heterocycles. The first-order chi connectivity index (χ1) is 21.4. The van der Waals surface area contributed by atoms with Crippen molar-refractivity contribution in [2.75, 3.05) is 17.3 Å². The van der Waals surface area contributed by atoms with Gasteiger partial charge in [0.1, 0.15) is 11.4 Å². The van der Waals surface area contributed by atoms with Crippen LogP contribution in [0.1, 0.15) is 75.2 Å². The molecule has 2 amide bonds. The van der Waals surface area contributed by atoms with Gasteiger partial charge in [-0.2, -0.15) is 0 Å². The lowest BCUT2D eigenvalue weighted by atomic mass is 9.57. The highest BCUT2D eigenvalue weighted by Crippen LogP contribution is 2.53. The van der Waals surface area contributed by atoms with Crippen molar-refractivity contribution in [1.82, 2.24) is 10.3 Å². The summed E-state index contributed by atoms with van der Waals surface area (Å²) in [6, 6.07) is 3.05. The van der Waals surface area contributed by atoms with E-state index < -0.39 is 79.3 Å². The Bertz CT molecular complexity index is 1620. The summed E-state index contributed by atoms with van der Waals surface area (Å²) in [4.78, 5) is 44.5. The summed E-state index contributed by atoms with van der Waals surface area (Å²) in [5, 5.41) is 2.95. The average Bonchev–Trinajstić information content (AvgIpc) is 3.04. The van der Waals surface area contributed by atoms with Crippen LogP contribution in [0.4, 0.5) is 18.9 Å². The molecule has 0 radical (unpaired) electrons. The van der Waals surface area contributed by atoms with Gasteiger partial charge in [0.25, 0.3) is 12.3 Å². The van der Waals surface area contributed by atoms with Crippen molar-refractivity contribution in [3.05, 3.63) is 47.4 Å². The lowest BCUT2D eigenvalue weighted by molar-refractivity contribution is -0.175. The summed E-state index contributed by atoms with van der Waals surface area (Å²) < 4.78 is 77.4. The molecule has 1 atom stereocenters. The van der Waals surface area contributed by atoms with Gasteiger partial charge < -0.3 is 25.4 Å². The molecule has 0 saturated heterocycles. The Kier molecular flexibility index (Phi) is 8.88. The van der Waals surface area contributed by atoms with Gasteiger partial charge in [0.15, 0.2) is 16.4 Å². The normalized spacial score (nSPS) is 25.5. The summed E-state index contributed by atoms with van der Waals surface area (Å²) in [5.74, 6) is -3.77. The molecule has 3 aliphatic carbocycles. The van der Waals surface area contributed by atoms with Crippen molar-refractivity contribution < 1.29 is 45.4 Å². The molecule has 15 heteroatoms. The number of ether oxygens (including phenoxy) is 2. The second kappa shape index (κ2) is 12.1. The quantitative estimate of drug-likeness (QED) is 0.401. The van der Waals surface area contributed by atoms with Crippen LogP contribution < -0.4 is 20.7 Å². The van der Waals surface area contributed by atoms with Gasteiger partial charge >= 0.3 is 5.97 Å². The van der Waals surface area contributed by atoms with E-state index in [1.54, 1.807) is 0 Å². The lowest BCUT2D eigenvalue weighted by Gasteiger charge is -2.52. The van der Waals surface area contributed by atoms with Crippen molar-refractivity contribution in [2.45, 2.75) is 94.3 Å². The molecule has 2 aromatic rings. The highest BCUT2D eigenvalue weighted by Gasteiger charge is 2.54. The Morgan fingerprint density at radius 2 is 1.78 bits per heavy atom. The molecular formula is C31H37F3N4O7S. The second-order valence-electron chi connectivity index (χ2n) is 13.3. The Hall–Kier alpha value is -3.72. The maximum absolute atomic E-state index is 15.5. The first-order valence-electron chi connectivity index (χ1n) is 15.0. The molecule has 250 valence electrons. The van der Waals surface area contributed by atoms with E-state index in [1.807, 2.05) is 20.8 Å². The number of pyridine rings is 1. The number of nitrogens with one attached hydrogen (secondary N) is 1. The summed E-state index contributed by atoms with van der Waals surface area (Å²) in [6.45, 7) is 4.30. The first-order valence-corrected chi connectivity index (χ1v) is 16.6. The van der Waals surface area contributed by atoms with E-state index in [-0.39, 0.29) is 24.1 Å². The van der Waals surface area contributed by atoms with Gasteiger partial charge in [-0.15, -0.1) is 0 Å². The molecule has 0 spiro atoms. The lowest BCUT2D eigenvalue weighted by Crippen LogP contribution is -2.59. The summed E-state index contributed by atoms with van der Waals surface area (Å²) in [7, 11) is -4.25. The molecule has 1 aromatic carbocycles. The SMILES string of the molecule is CC(C)(C)OC(=O)C12CCC(NC(=O)c3cc4c(cc3F)S(=O)(=O)C[C@H](N)C(=O)N4Cc3ccc(OCC(F)F)nc3)(CC1)CC2. The number of nitrogens with zero attached hydrogens (tertiary/aromatic N) is 2. The van der Waals surface area contributed by atoms with Crippen LogP contribution in [0.2, 0.25) is 0 Å². The van der Waals surface area contributed by atoms with Crippen molar-refractivity contribution in [2.24, 2.45) is 11.1 Å². The van der Waals surface area contributed by atoms with Crippen LogP contribution in [-0.2, 0) is 30.7 Å². The highest BCUT2D eigenvalue weighted by molar-refractivity contribution is 7.91. The van der Waals surface area contributed by atoms with Gasteiger partial charge in [0.2, 0.25) is 11.8 Å². The molecule has 2 heterocycles. The summed E-state index contributed by atoms with van der Waals surface area (Å²) >= 11 is 0. The van der Waals surface area contributed by atoms with Crippen LogP contribution in [0.5, 0.6) is 5.88 Å². The smallest absolute Gasteiger partial charge is 0.312 e. The molecule has 3 fully saturated rings. The number of benzene rings is 1. The Labute approximate surface area is 264 Å². The number of sulfone groups is 1. The van der Waals surface area contributed by atoms with Crippen LogP contribution >= 0.6 is 0 Å². The third kappa shape index (κ3) is 6.85. The molecule has 6 rings (SSSR count). The third-order valence-corrected chi connectivity index (χ3v) is 10.6. The fourth-order valence-corrected chi connectivity index (χ4v) is 7.92. The number of fused-ring (bicyclic) bond motifs is 4. The summed E-state index contributed by atoms with van der Waals surface area (Å²) in [5.41, 5.74) is 3.67. The van der Waals surface area contributed by atoms with E-state index in [2.05, 4.69) is 10.3 Å². The van der Waals surface area contributed by atoms with Gasteiger partial charge in [-0.1, -0.05) is 6.07 Å². The minimum Gasteiger partial charge on any atom is -0.472 e. The number of carbonyl (C=O) groups is 3. The molecule has 11 nitrogen and oxygen atoms in total. The number of alkyl halides is 2. The van der Waals surface area contributed by atoms with Crippen LogP contribution in [0.3, 0.4) is 0 Å². The number of halogens is 3. The minimum atomic E-state index is -4.25. The standard InChI is InChI=1S/C31H37F3N4O7S/c1-29(2,3)45-28(41)30-6-9-31(10-7-30,11-8-30)37-26(39)19-12-22-23(13-20(19)32)46(42,43)17-21(35)27(40)38(22)15-18-4-5-25(36-14-18)44-16-24(33)34/h4-5,12-14,21,24H,6-11,15-17,35H2,1-3H3,(H,37,39)/t21-,30?,31?/m0/s1. The predicted molar refractivity (Wildman–Crippen MR) is 160 cm³/mol. The van der Waals surface area contributed by atoms with Crippen molar-refractivity contribution in [3.63, 3.8) is 0 Å². The van der Waals surface area contributed by atoms with Crippen LogP contribution in [-0.4, -0.2) is 67.2 Å². The fourth-order valence-electron chi connectivity index (χ4n) is 6.35. The van der Waals surface area contributed by atoms with Crippen LogP contribution in [0, 0.1) is 11.2 Å². The number of nitrogens with two attached hydrogens (primary N) is 1. The van der Waals surface area contributed by atoms with Gasteiger partial charge in [-0.3, -0.25) is 14.4 Å². The van der Waals surface area contributed by atoms with Gasteiger partial charge in [-0.25, -0.2) is 26.6 Å². The maximum atomic E-state index is 15.5. The van der Waals surface area contributed by atoms with Crippen molar-refractivity contribution >= 4 is 33.3 Å². The molecule has 4 aliphatic rings. The fraction of sp³-hybridized carbons (Fsp3) is 0.548. The van der Waals surface area contributed by atoms with E-state index >= 15 is 4.39 Å². The number of hydrogen-bond donors (Lipinski definition) is 2. The topological polar surface area (TPSA) is 158 Å². The Morgan fingerprint density at radius 3 is 2.35 bits per heavy atom. The number of aromatic nitrogens is 1. The van der Waals surface area contributed by atoms with Gasteiger partial charge in [0.05, 0.1) is 39.9 Å². The van der Waals surface area contributed by atoms with E-state index in [9.17, 15) is 31.6 Å². The summed E-state index contributed by atoms with van der Waals surface area (Å²) in [6.07, 6.45) is 1.46. The molecule has 46 heavy (non-hydrogen) atoms. The zero-order valence-corrected chi connectivity index (χ0v) is 26.6. The number of rotatable bonds is 8. The second-order valence-corrected chi connectivity index (χ2v) is 15.3. The Balaban J connectivity index is 1.41. The third-order valence-electron chi connectivity index (χ3n) is 8.85. The zero-order chi connectivity index (χ0) is 33.7. The molecule has 2 bridgehead atoms. The molecule has 1 aromatic heterocycles. The average molecular weight is 667 g/mol. The predicted octanol–water partition coefficient (Wildman–Crippen LogP) is 3.68. The van der Waals surface area contributed by atoms with E-state index in [0.29, 0.717) is 44.1 Å². The van der Waals surface area contributed by atoms with Crippen LogP contribution in [0.25, 0.3) is 0 Å². The molecule has 3 saturated carbocycles. The van der Waals surface area contributed by atoms with Crippen molar-refractivity contribution in [3.8, 4) is 5.88 Å². The number of carbonyl (C=O) groups excluding carboxylic acids is 3. The molecule has 0 unspecified atom stereocenters. The number of hydrogen-bond acceptors (Lipinski definition) is 9. The van der Waals surface area contributed by atoms with E-state index in [1.165, 1.54) is 18.3 Å². The molecule has 3 N–H and O–H groups in total. The highest BCUT2D eigenvalue weighted by atomic mass is 32.2. The van der Waals surface area contributed by atoms with Crippen LogP contribution in [0.15, 0.2) is 35.4 Å². The van der Waals surface area contributed by atoms with Gasteiger partial charge in [0, 0.05) is 17.8 Å². The number of anilines is 1. The van der Waals surface area contributed by atoms with Crippen molar-refractivity contribution in [1.29, 1.82) is 0 Å². The van der Waals surface area contributed by atoms with E-state index in [4.69, 9.17) is 15.2 Å². The zero-order valence-electron chi connectivity index (χ0n) is 25.8. The Morgan fingerprint density at radius 1 is 1.13 bits per heavy atom. The monoisotopic (exact) mass is 666 g/mol. The molecular weight excluding hydrogens is 629 g/mol. The minimum absolute atomic E-state index is 0.0833.